The zero-order valence-electron chi connectivity index (χ0n) is 21.6. The van der Waals surface area contributed by atoms with Crippen LogP contribution in [0, 0.1) is 17.3 Å². The smallest absolute Gasteiger partial charge is 0.161 e. The molecule has 0 radical (unpaired) electrons. The van der Waals surface area contributed by atoms with Crippen molar-refractivity contribution in [2.75, 3.05) is 7.11 Å². The predicted molar refractivity (Wildman–Crippen MR) is 143 cm³/mol. The molecule has 3 aliphatic rings. The van der Waals surface area contributed by atoms with E-state index in [1.165, 1.54) is 48.8 Å². The fourth-order valence-corrected chi connectivity index (χ4v) is 7.65. The van der Waals surface area contributed by atoms with Gasteiger partial charge in [-0.2, -0.15) is 0 Å². The Kier molecular flexibility index (Phi) is 6.47. The van der Waals surface area contributed by atoms with Crippen molar-refractivity contribution in [3.63, 3.8) is 0 Å². The topological polar surface area (TPSA) is 43.4 Å². The maximum absolute atomic E-state index is 6.24. The number of rotatable bonds is 7. The molecule has 0 spiro atoms. The highest BCUT2D eigenvalue weighted by atomic mass is 16.5. The van der Waals surface area contributed by atoms with E-state index in [1.807, 2.05) is 18.3 Å². The minimum atomic E-state index is 0.371. The standard InChI is InChI=1S/C32H38N2O2/c1-32-16-15-25-26(28(32)13-14-31(32)34-20-24-10-6-7-17-33-24)12-11-23-18-30(29(35-2)19-27(23)25)36-21-22-8-4-3-5-9-22/h3-10,17-19,25-26,28,31,34H,11-16,20-21H2,1-2H3. The lowest BCUT2D eigenvalue weighted by Crippen LogP contribution is -2.48. The molecular weight excluding hydrogens is 444 g/mol. The molecule has 2 saturated carbocycles. The molecule has 3 aliphatic carbocycles. The number of hydrogen-bond donors (Lipinski definition) is 1. The van der Waals surface area contributed by atoms with E-state index in [-0.39, 0.29) is 0 Å². The van der Waals surface area contributed by atoms with Gasteiger partial charge >= 0.3 is 0 Å². The van der Waals surface area contributed by atoms with Crippen LogP contribution in [0.3, 0.4) is 0 Å². The van der Waals surface area contributed by atoms with Gasteiger partial charge in [-0.05, 0) is 103 Å². The van der Waals surface area contributed by atoms with E-state index in [2.05, 4.69) is 65.8 Å². The first-order chi connectivity index (χ1) is 17.7. The largest absolute Gasteiger partial charge is 0.493 e. The Morgan fingerprint density at radius 1 is 0.972 bits per heavy atom. The van der Waals surface area contributed by atoms with E-state index in [4.69, 9.17) is 9.47 Å². The number of methoxy groups -OCH3 is 1. The Labute approximate surface area is 215 Å². The number of hydrogen-bond acceptors (Lipinski definition) is 4. The summed E-state index contributed by atoms with van der Waals surface area (Å²) in [5.74, 6) is 3.93. The highest BCUT2D eigenvalue weighted by molar-refractivity contribution is 5.50. The van der Waals surface area contributed by atoms with Crippen LogP contribution >= 0.6 is 0 Å². The summed E-state index contributed by atoms with van der Waals surface area (Å²) in [6.45, 7) is 4.00. The van der Waals surface area contributed by atoms with Crippen molar-refractivity contribution < 1.29 is 9.47 Å². The van der Waals surface area contributed by atoms with Gasteiger partial charge in [0.2, 0.25) is 0 Å². The van der Waals surface area contributed by atoms with Crippen LogP contribution in [-0.2, 0) is 19.6 Å². The Hall–Kier alpha value is -2.85. The van der Waals surface area contributed by atoms with E-state index in [9.17, 15) is 0 Å². The van der Waals surface area contributed by atoms with Crippen LogP contribution in [0.4, 0.5) is 0 Å². The van der Waals surface area contributed by atoms with Crippen molar-refractivity contribution in [2.24, 2.45) is 17.3 Å². The molecule has 5 atom stereocenters. The minimum Gasteiger partial charge on any atom is -0.493 e. The molecule has 0 bridgehead atoms. The van der Waals surface area contributed by atoms with Crippen molar-refractivity contribution in [3.8, 4) is 11.5 Å². The van der Waals surface area contributed by atoms with E-state index in [1.54, 1.807) is 7.11 Å². The quantitative estimate of drug-likeness (QED) is 0.408. The van der Waals surface area contributed by atoms with Gasteiger partial charge in [-0.15, -0.1) is 0 Å². The van der Waals surface area contributed by atoms with Gasteiger partial charge in [-0.25, -0.2) is 0 Å². The number of benzene rings is 2. The van der Waals surface area contributed by atoms with Crippen LogP contribution in [0.25, 0.3) is 0 Å². The third-order valence-corrected chi connectivity index (χ3v) is 9.50. The first-order valence-corrected chi connectivity index (χ1v) is 13.7. The molecule has 5 unspecified atom stereocenters. The average molecular weight is 483 g/mol. The molecule has 2 aromatic carbocycles. The van der Waals surface area contributed by atoms with Gasteiger partial charge in [0, 0.05) is 18.8 Å². The zero-order chi connectivity index (χ0) is 24.5. The van der Waals surface area contributed by atoms with Crippen molar-refractivity contribution in [1.29, 1.82) is 0 Å². The molecule has 1 N–H and O–H groups in total. The molecule has 2 fully saturated rings. The zero-order valence-corrected chi connectivity index (χ0v) is 21.6. The minimum absolute atomic E-state index is 0.371. The number of aromatic nitrogens is 1. The first kappa shape index (κ1) is 23.5. The lowest BCUT2D eigenvalue weighted by molar-refractivity contribution is 0.0406. The van der Waals surface area contributed by atoms with E-state index >= 15 is 0 Å². The van der Waals surface area contributed by atoms with Crippen molar-refractivity contribution in [2.45, 2.75) is 70.6 Å². The van der Waals surface area contributed by atoms with E-state index in [0.717, 1.165) is 42.0 Å². The van der Waals surface area contributed by atoms with Gasteiger partial charge in [0.15, 0.2) is 11.5 Å². The molecule has 1 heterocycles. The number of pyridine rings is 1. The highest BCUT2D eigenvalue weighted by Gasteiger charge is 2.54. The van der Waals surface area contributed by atoms with E-state index < -0.39 is 0 Å². The maximum atomic E-state index is 6.24. The fraction of sp³-hybridized carbons (Fsp3) is 0.469. The summed E-state index contributed by atoms with van der Waals surface area (Å²) < 4.78 is 12.1. The molecule has 4 nitrogen and oxygen atoms in total. The molecule has 36 heavy (non-hydrogen) atoms. The summed E-state index contributed by atoms with van der Waals surface area (Å²) in [5, 5.41) is 3.91. The molecule has 1 aromatic heterocycles. The van der Waals surface area contributed by atoms with Crippen LogP contribution in [0.1, 0.15) is 67.3 Å². The Balaban J connectivity index is 1.18. The average Bonchev–Trinajstić information content (AvgIpc) is 3.27. The predicted octanol–water partition coefficient (Wildman–Crippen LogP) is 6.68. The highest BCUT2D eigenvalue weighted by Crippen LogP contribution is 2.61. The monoisotopic (exact) mass is 482 g/mol. The summed E-state index contributed by atoms with van der Waals surface area (Å²) >= 11 is 0. The van der Waals surface area contributed by atoms with Crippen molar-refractivity contribution >= 4 is 0 Å². The Morgan fingerprint density at radius 3 is 2.64 bits per heavy atom. The second-order valence-electron chi connectivity index (χ2n) is 11.3. The van der Waals surface area contributed by atoms with Gasteiger partial charge in [0.05, 0.1) is 12.8 Å². The molecular formula is C32H38N2O2. The lowest BCUT2D eigenvalue weighted by Gasteiger charge is -2.51. The summed E-state index contributed by atoms with van der Waals surface area (Å²) in [7, 11) is 1.77. The normalized spacial score (nSPS) is 28.6. The lowest BCUT2D eigenvalue weighted by atomic mass is 9.55. The van der Waals surface area contributed by atoms with Gasteiger partial charge in [-0.3, -0.25) is 4.98 Å². The summed E-state index contributed by atoms with van der Waals surface area (Å²) in [6.07, 6.45) is 9.48. The number of aryl methyl sites for hydroxylation is 1. The van der Waals surface area contributed by atoms with Crippen molar-refractivity contribution in [3.05, 3.63) is 89.2 Å². The summed E-state index contributed by atoms with van der Waals surface area (Å²) in [6, 6.07) is 21.7. The van der Waals surface area contributed by atoms with Gasteiger partial charge in [0.1, 0.15) is 6.61 Å². The molecule has 6 rings (SSSR count). The summed E-state index contributed by atoms with van der Waals surface area (Å²) in [4.78, 5) is 4.53. The van der Waals surface area contributed by atoms with Crippen LogP contribution in [0.15, 0.2) is 66.9 Å². The second kappa shape index (κ2) is 9.89. The molecule has 3 aromatic rings. The summed E-state index contributed by atoms with van der Waals surface area (Å²) in [5.41, 5.74) is 5.67. The van der Waals surface area contributed by atoms with Crippen LogP contribution < -0.4 is 14.8 Å². The third kappa shape index (κ3) is 4.30. The number of fused-ring (bicyclic) bond motifs is 5. The van der Waals surface area contributed by atoms with Crippen LogP contribution in [0.5, 0.6) is 11.5 Å². The van der Waals surface area contributed by atoms with Crippen LogP contribution in [-0.4, -0.2) is 18.1 Å². The maximum Gasteiger partial charge on any atom is 0.161 e. The third-order valence-electron chi connectivity index (χ3n) is 9.50. The van der Waals surface area contributed by atoms with Gasteiger partial charge in [0.25, 0.3) is 0 Å². The first-order valence-electron chi connectivity index (χ1n) is 13.7. The second-order valence-corrected chi connectivity index (χ2v) is 11.3. The number of nitrogens with one attached hydrogen (secondary N) is 1. The van der Waals surface area contributed by atoms with Crippen molar-refractivity contribution in [1.82, 2.24) is 10.3 Å². The van der Waals surface area contributed by atoms with Gasteiger partial charge in [-0.1, -0.05) is 43.3 Å². The fourth-order valence-electron chi connectivity index (χ4n) is 7.65. The number of nitrogens with zero attached hydrogens (tertiary/aromatic N) is 1. The molecule has 4 heteroatoms. The molecule has 0 saturated heterocycles. The van der Waals surface area contributed by atoms with Gasteiger partial charge < -0.3 is 14.8 Å². The Bertz CT molecular complexity index is 1180. The Morgan fingerprint density at radius 2 is 1.83 bits per heavy atom. The van der Waals surface area contributed by atoms with Crippen LogP contribution in [0.2, 0.25) is 0 Å². The molecule has 188 valence electrons. The SMILES string of the molecule is COc1cc2c(cc1OCc1ccccc1)CCC1C2CCC2(C)C(NCc3ccccn3)CCC12. The van der Waals surface area contributed by atoms with E-state index in [0.29, 0.717) is 24.0 Å². The molecule has 0 amide bonds. The number of ether oxygens (including phenoxy) is 2. The molecule has 0 aliphatic heterocycles.